The molecule has 0 saturated heterocycles. The van der Waals surface area contributed by atoms with E-state index >= 15 is 0 Å². The van der Waals surface area contributed by atoms with Crippen LogP contribution in [0.5, 0.6) is 0 Å². The van der Waals surface area contributed by atoms with Gasteiger partial charge in [-0.05, 0) is 24.3 Å². The molecule has 3 rings (SSSR count). The first-order chi connectivity index (χ1) is 12.7. The Morgan fingerprint density at radius 3 is 2.56 bits per heavy atom. The number of nitrogens with zero attached hydrogens (tertiary/aromatic N) is 4. The second-order valence-corrected chi connectivity index (χ2v) is 5.40. The maximum absolute atomic E-state index is 12.9. The quantitative estimate of drug-likeness (QED) is 0.430. The molecule has 0 fully saturated rings. The minimum atomic E-state index is -4.49. The fourth-order valence-corrected chi connectivity index (χ4v) is 2.25. The van der Waals surface area contributed by atoms with Crippen LogP contribution < -0.4 is 5.73 Å². The Labute approximate surface area is 150 Å². The van der Waals surface area contributed by atoms with Crippen molar-refractivity contribution in [2.45, 2.75) is 6.18 Å². The van der Waals surface area contributed by atoms with Gasteiger partial charge in [-0.25, -0.2) is 14.6 Å². The molecule has 27 heavy (non-hydrogen) atoms. The molecule has 0 aliphatic rings. The lowest BCUT2D eigenvalue weighted by Gasteiger charge is -2.06. The summed E-state index contributed by atoms with van der Waals surface area (Å²) in [5.74, 6) is -1.52. The molecular formula is C17H11F4N5O. The summed E-state index contributed by atoms with van der Waals surface area (Å²) in [6, 6.07) is 6.89. The zero-order valence-electron chi connectivity index (χ0n) is 13.5. The van der Waals surface area contributed by atoms with E-state index in [4.69, 9.17) is 5.73 Å². The number of hydrogen-bond donors (Lipinski definition) is 1. The van der Waals surface area contributed by atoms with Gasteiger partial charge in [0.05, 0.1) is 11.1 Å². The molecule has 6 nitrogen and oxygen atoms in total. The van der Waals surface area contributed by atoms with Gasteiger partial charge in [-0.2, -0.15) is 17.6 Å². The third-order valence-corrected chi connectivity index (χ3v) is 3.52. The molecular weight excluding hydrogens is 366 g/mol. The van der Waals surface area contributed by atoms with Crippen molar-refractivity contribution in [1.82, 2.24) is 19.7 Å². The molecule has 0 spiro atoms. The summed E-state index contributed by atoms with van der Waals surface area (Å²) in [4.78, 5) is 19.1. The first kappa shape index (κ1) is 18.2. The first-order valence-corrected chi connectivity index (χ1v) is 7.46. The van der Waals surface area contributed by atoms with Crippen molar-refractivity contribution in [1.29, 1.82) is 0 Å². The van der Waals surface area contributed by atoms with E-state index in [1.807, 2.05) is 0 Å². The molecule has 1 amide bonds. The van der Waals surface area contributed by atoms with Gasteiger partial charge < -0.3 is 5.73 Å². The van der Waals surface area contributed by atoms with E-state index in [2.05, 4.69) is 15.1 Å². The number of rotatable bonds is 4. The van der Waals surface area contributed by atoms with Crippen LogP contribution >= 0.6 is 0 Å². The summed E-state index contributed by atoms with van der Waals surface area (Å²) in [6.45, 7) is 0. The molecule has 0 radical (unpaired) electrons. The molecule has 1 aromatic carbocycles. The summed E-state index contributed by atoms with van der Waals surface area (Å²) in [5, 5.41) is 4.03. The summed E-state index contributed by atoms with van der Waals surface area (Å²) in [5.41, 5.74) is 4.87. The van der Waals surface area contributed by atoms with E-state index in [0.29, 0.717) is 0 Å². The van der Waals surface area contributed by atoms with Crippen LogP contribution in [0.25, 0.3) is 23.2 Å². The third-order valence-electron chi connectivity index (χ3n) is 3.52. The molecule has 138 valence electrons. The highest BCUT2D eigenvalue weighted by atomic mass is 19.4. The molecule has 0 unspecified atom stereocenters. The molecule has 10 heteroatoms. The molecule has 2 heterocycles. The largest absolute Gasteiger partial charge is 0.416 e. The van der Waals surface area contributed by atoms with Crippen LogP contribution in [0.15, 0.2) is 48.9 Å². The lowest BCUT2D eigenvalue weighted by atomic mass is 10.1. The summed E-state index contributed by atoms with van der Waals surface area (Å²) < 4.78 is 52.5. The zero-order valence-corrected chi connectivity index (χ0v) is 13.5. The van der Waals surface area contributed by atoms with Gasteiger partial charge in [0.25, 0.3) is 5.91 Å². The van der Waals surface area contributed by atoms with Crippen LogP contribution in [0.4, 0.5) is 17.6 Å². The number of halogens is 4. The molecule has 2 aromatic heterocycles. The van der Waals surface area contributed by atoms with E-state index in [1.54, 1.807) is 0 Å². The number of carbonyl (C=O) groups excluding carboxylic acids is 1. The van der Waals surface area contributed by atoms with Crippen LogP contribution in [-0.2, 0) is 11.0 Å². The monoisotopic (exact) mass is 377 g/mol. The minimum absolute atomic E-state index is 0.0250. The van der Waals surface area contributed by atoms with Crippen molar-refractivity contribution in [3.63, 3.8) is 0 Å². The Hall–Kier alpha value is -3.56. The van der Waals surface area contributed by atoms with E-state index in [1.165, 1.54) is 30.7 Å². The Morgan fingerprint density at radius 1 is 1.15 bits per heavy atom. The molecule has 0 aliphatic carbocycles. The fraction of sp³-hybridized carbons (Fsp3) is 0.0588. The Bertz CT molecular complexity index is 1010. The average molecular weight is 377 g/mol. The smallest absolute Gasteiger partial charge is 0.366 e. The van der Waals surface area contributed by atoms with Gasteiger partial charge in [-0.3, -0.25) is 4.79 Å². The summed E-state index contributed by atoms with van der Waals surface area (Å²) >= 11 is 0. The van der Waals surface area contributed by atoms with Gasteiger partial charge in [0.1, 0.15) is 6.33 Å². The van der Waals surface area contributed by atoms with Crippen LogP contribution in [-0.4, -0.2) is 25.7 Å². The molecule has 0 atom stereocenters. The highest BCUT2D eigenvalue weighted by molar-refractivity contribution is 6.22. The van der Waals surface area contributed by atoms with Crippen LogP contribution in [0.3, 0.4) is 0 Å². The first-order valence-electron chi connectivity index (χ1n) is 7.46. The number of alkyl halides is 3. The van der Waals surface area contributed by atoms with Gasteiger partial charge in [0, 0.05) is 23.5 Å². The van der Waals surface area contributed by atoms with Crippen molar-refractivity contribution in [3.8, 4) is 11.4 Å². The number of aromatic nitrogens is 4. The predicted octanol–water partition coefficient (Wildman–Crippen LogP) is 2.98. The van der Waals surface area contributed by atoms with Crippen molar-refractivity contribution < 1.29 is 22.4 Å². The Morgan fingerprint density at radius 2 is 1.93 bits per heavy atom. The fourth-order valence-electron chi connectivity index (χ4n) is 2.25. The highest BCUT2D eigenvalue weighted by Gasteiger charge is 2.30. The second kappa shape index (κ2) is 6.98. The maximum Gasteiger partial charge on any atom is 0.416 e. The Balaban J connectivity index is 1.96. The number of pyridine rings is 1. The maximum atomic E-state index is 12.9. The minimum Gasteiger partial charge on any atom is -0.366 e. The van der Waals surface area contributed by atoms with E-state index in [9.17, 15) is 22.4 Å². The van der Waals surface area contributed by atoms with Crippen molar-refractivity contribution in [3.05, 3.63) is 66.0 Å². The van der Waals surface area contributed by atoms with Crippen molar-refractivity contribution in [2.75, 3.05) is 0 Å². The zero-order chi connectivity index (χ0) is 19.6. The number of hydrogen-bond acceptors (Lipinski definition) is 4. The number of primary amides is 1. The second-order valence-electron chi connectivity index (χ2n) is 5.40. The Kier molecular flexibility index (Phi) is 4.72. The average Bonchev–Trinajstić information content (AvgIpc) is 3.08. The topological polar surface area (TPSA) is 86.7 Å². The molecule has 0 aliphatic heterocycles. The standard InChI is InChI=1S/C17H11F4N5O/c18-14-5-4-11(7-23-14)13(15(22)27)8-26-9-24-16(25-26)10-2-1-3-12(6-10)17(19,20)21/h1-9H,(H2,22,27)/b13-8-. The molecule has 0 bridgehead atoms. The van der Waals surface area contributed by atoms with E-state index in [0.717, 1.165) is 29.1 Å². The molecule has 0 saturated carbocycles. The van der Waals surface area contributed by atoms with E-state index < -0.39 is 23.6 Å². The summed E-state index contributed by atoms with van der Waals surface area (Å²) in [7, 11) is 0. The van der Waals surface area contributed by atoms with Gasteiger partial charge in [-0.1, -0.05) is 12.1 Å². The van der Waals surface area contributed by atoms with Crippen LogP contribution in [0.2, 0.25) is 0 Å². The molecule has 3 aromatic rings. The third kappa shape index (κ3) is 4.17. The SMILES string of the molecule is NC(=O)/C(=C\n1cnc(-c2cccc(C(F)(F)F)c2)n1)c1ccc(F)nc1. The predicted molar refractivity (Wildman–Crippen MR) is 88.0 cm³/mol. The molecule has 2 N–H and O–H groups in total. The number of nitrogens with two attached hydrogens (primary N) is 1. The lowest BCUT2D eigenvalue weighted by Crippen LogP contribution is -2.14. The van der Waals surface area contributed by atoms with Gasteiger partial charge >= 0.3 is 6.18 Å². The normalized spacial score (nSPS) is 12.2. The number of carbonyl (C=O) groups is 1. The van der Waals surface area contributed by atoms with Gasteiger partial charge in [0.15, 0.2) is 5.82 Å². The van der Waals surface area contributed by atoms with Crippen LogP contribution in [0.1, 0.15) is 11.1 Å². The van der Waals surface area contributed by atoms with E-state index in [-0.39, 0.29) is 22.5 Å². The van der Waals surface area contributed by atoms with Gasteiger partial charge in [0.2, 0.25) is 5.95 Å². The summed E-state index contributed by atoms with van der Waals surface area (Å²) in [6.07, 6.45) is -0.944. The number of benzene rings is 1. The van der Waals surface area contributed by atoms with Crippen LogP contribution in [0, 0.1) is 5.95 Å². The van der Waals surface area contributed by atoms with Gasteiger partial charge in [-0.15, -0.1) is 5.10 Å². The number of amides is 1. The highest BCUT2D eigenvalue weighted by Crippen LogP contribution is 2.31. The lowest BCUT2D eigenvalue weighted by molar-refractivity contribution is -0.137. The van der Waals surface area contributed by atoms with Crippen molar-refractivity contribution >= 4 is 17.7 Å². The van der Waals surface area contributed by atoms with Crippen molar-refractivity contribution in [2.24, 2.45) is 5.73 Å².